The van der Waals surface area contributed by atoms with Gasteiger partial charge in [0.25, 0.3) is 0 Å². The van der Waals surface area contributed by atoms with Crippen LogP contribution in [0.5, 0.6) is 0 Å². The minimum Gasteiger partial charge on any atom is -0.516 e. The van der Waals surface area contributed by atoms with Crippen molar-refractivity contribution in [2.45, 2.75) is 25.2 Å². The fourth-order valence-electron chi connectivity index (χ4n) is 5.15. The van der Waals surface area contributed by atoms with E-state index in [1.54, 1.807) is 18.2 Å². The molecule has 0 aromatic heterocycles. The van der Waals surface area contributed by atoms with Crippen molar-refractivity contribution in [3.63, 3.8) is 0 Å². The van der Waals surface area contributed by atoms with E-state index >= 15 is 0 Å². The van der Waals surface area contributed by atoms with Gasteiger partial charge in [0.1, 0.15) is 5.82 Å². The Morgan fingerprint density at radius 1 is 1.13 bits per heavy atom. The van der Waals surface area contributed by atoms with Crippen LogP contribution in [-0.2, 0) is 0 Å². The van der Waals surface area contributed by atoms with Gasteiger partial charge in [-0.25, -0.2) is 10.4 Å². The molecule has 3 heterocycles. The van der Waals surface area contributed by atoms with E-state index in [2.05, 4.69) is 39.9 Å². The number of carbonyl (C=O) groups is 1. The van der Waals surface area contributed by atoms with Gasteiger partial charge in [0.2, 0.25) is 0 Å². The van der Waals surface area contributed by atoms with Crippen LogP contribution in [0.15, 0.2) is 42.5 Å². The molecule has 2 aromatic rings. The number of fused-ring (bicyclic) bond motifs is 3. The minimum atomic E-state index is -0.300. The van der Waals surface area contributed by atoms with Crippen LogP contribution in [0.4, 0.5) is 15.8 Å². The number of para-hydroxylation sites is 1. The van der Waals surface area contributed by atoms with Crippen LogP contribution in [0, 0.1) is 43.0 Å². The Kier molecular flexibility index (Phi) is 6.58. The molecule has 6 heteroatoms. The van der Waals surface area contributed by atoms with Crippen LogP contribution in [0.3, 0.4) is 0 Å². The average Bonchev–Trinajstić information content (AvgIpc) is 3.06. The van der Waals surface area contributed by atoms with E-state index in [1.165, 1.54) is 29.1 Å². The molecule has 156 valence electrons. The number of Topliss-reactive ketones (excluding diaryl/α,β-unsaturated/α-hetero) is 1. The first-order valence-electron chi connectivity index (χ1n) is 10.6. The molecule has 0 bridgehead atoms. The molecule has 30 heavy (non-hydrogen) atoms. The third kappa shape index (κ3) is 3.95. The van der Waals surface area contributed by atoms with Gasteiger partial charge in [-0.1, -0.05) is 12.1 Å². The Bertz CT molecular complexity index is 919. The summed E-state index contributed by atoms with van der Waals surface area (Å²) in [5.41, 5.74) is 4.86. The molecule has 1 unspecified atom stereocenters. The summed E-state index contributed by atoms with van der Waals surface area (Å²) >= 11 is 0. The molecule has 1 atom stereocenters. The first-order chi connectivity index (χ1) is 14.1. The second kappa shape index (κ2) is 9.02. The van der Waals surface area contributed by atoms with Gasteiger partial charge in [0, 0.05) is 68.9 Å². The van der Waals surface area contributed by atoms with Gasteiger partial charge in [0.05, 0.1) is 5.69 Å². The molecule has 0 aliphatic carbocycles. The minimum absolute atomic E-state index is 0. The SMILES string of the molecule is CN1CCN2c3c(cccc31)C1CN(CCCC(=O)c3ccc(F)cc3)CC[C-]12.[U]. The van der Waals surface area contributed by atoms with Crippen LogP contribution in [0.25, 0.3) is 0 Å². The molecular weight excluding hydrogens is 603 g/mol. The molecule has 4 nitrogen and oxygen atoms in total. The first-order valence-corrected chi connectivity index (χ1v) is 10.6. The molecule has 0 spiro atoms. The van der Waals surface area contributed by atoms with Crippen molar-refractivity contribution in [1.29, 1.82) is 0 Å². The van der Waals surface area contributed by atoms with E-state index in [4.69, 9.17) is 0 Å². The second-order valence-electron chi connectivity index (χ2n) is 8.42. The number of piperidine rings is 1. The normalized spacial score (nSPS) is 20.5. The molecule has 3 aliphatic heterocycles. The molecular formula is C24H27FN3OU-. The van der Waals surface area contributed by atoms with Gasteiger partial charge in [-0.2, -0.15) is 0 Å². The summed E-state index contributed by atoms with van der Waals surface area (Å²) in [6, 6.07) is 14.2. The topological polar surface area (TPSA) is 26.8 Å². The zero-order chi connectivity index (χ0) is 20.0. The van der Waals surface area contributed by atoms with Crippen LogP contribution in [0.1, 0.15) is 41.1 Å². The predicted octanol–water partition coefficient (Wildman–Crippen LogP) is 4.08. The molecule has 0 N–H and O–H groups in total. The number of ketones is 1. The zero-order valence-corrected chi connectivity index (χ0v) is 21.6. The maximum Gasteiger partial charge on any atom is 0.162 e. The average molecular weight is 631 g/mol. The zero-order valence-electron chi connectivity index (χ0n) is 17.4. The summed E-state index contributed by atoms with van der Waals surface area (Å²) in [7, 11) is 2.18. The quantitative estimate of drug-likeness (QED) is 0.368. The van der Waals surface area contributed by atoms with E-state index in [9.17, 15) is 9.18 Å². The Hall–Kier alpha value is -1.35. The monoisotopic (exact) mass is 630 g/mol. The number of likely N-dealkylation sites (tertiary alicyclic amines) is 1. The summed E-state index contributed by atoms with van der Waals surface area (Å²) in [6.07, 6.45) is 2.47. The van der Waals surface area contributed by atoms with Gasteiger partial charge >= 0.3 is 0 Å². The van der Waals surface area contributed by atoms with Gasteiger partial charge in [-0.05, 0) is 62.0 Å². The maximum atomic E-state index is 13.0. The van der Waals surface area contributed by atoms with Gasteiger partial charge in [-0.15, -0.1) is 12.3 Å². The van der Waals surface area contributed by atoms with Crippen LogP contribution in [-0.4, -0.2) is 50.5 Å². The maximum absolute atomic E-state index is 13.0. The largest absolute Gasteiger partial charge is 0.516 e. The second-order valence-corrected chi connectivity index (χ2v) is 8.42. The van der Waals surface area contributed by atoms with Crippen molar-refractivity contribution in [2.24, 2.45) is 0 Å². The molecule has 1 saturated heterocycles. The van der Waals surface area contributed by atoms with Crippen LogP contribution in [0.2, 0.25) is 0 Å². The number of likely N-dealkylation sites (N-methyl/N-ethyl adjacent to an activating group) is 1. The fraction of sp³-hybridized carbons (Fsp3) is 0.417. The van der Waals surface area contributed by atoms with E-state index in [0.717, 1.165) is 45.6 Å². The number of rotatable bonds is 5. The summed E-state index contributed by atoms with van der Waals surface area (Å²) in [4.78, 5) is 19.8. The molecule has 0 radical (unpaired) electrons. The van der Waals surface area contributed by atoms with Crippen LogP contribution < -0.4 is 9.80 Å². The van der Waals surface area contributed by atoms with Crippen molar-refractivity contribution in [1.82, 2.24) is 4.90 Å². The standard InChI is InChI=1S/C24H27FN3O.U/c1-26-14-15-28-21-11-13-27(16-20(21)19-4-2-5-22(26)24(19)28)12-3-6-23(29)17-7-9-18(25)10-8-17;/h2,4-5,7-10,20H,3,6,11-16H2,1H3;/q-1;. The number of hydrogen-bond donors (Lipinski definition) is 0. The molecule has 3 aliphatic rings. The third-order valence-corrected chi connectivity index (χ3v) is 6.68. The summed E-state index contributed by atoms with van der Waals surface area (Å²) in [5.74, 6) is 0.286. The number of carbonyl (C=O) groups excluding carboxylic acids is 1. The molecule has 5 rings (SSSR count). The number of anilines is 2. The van der Waals surface area contributed by atoms with Gasteiger partial charge in [-0.3, -0.25) is 4.79 Å². The number of halogens is 1. The number of hydrogen-bond acceptors (Lipinski definition) is 4. The number of benzene rings is 2. The van der Waals surface area contributed by atoms with E-state index in [1.807, 2.05) is 0 Å². The molecule has 0 amide bonds. The fourth-order valence-corrected chi connectivity index (χ4v) is 5.15. The summed E-state index contributed by atoms with van der Waals surface area (Å²) < 4.78 is 13.0. The van der Waals surface area contributed by atoms with Gasteiger partial charge in [0.15, 0.2) is 5.78 Å². The smallest absolute Gasteiger partial charge is 0.162 e. The van der Waals surface area contributed by atoms with Crippen molar-refractivity contribution >= 4 is 17.2 Å². The van der Waals surface area contributed by atoms with Crippen molar-refractivity contribution in [3.05, 3.63) is 65.5 Å². The van der Waals surface area contributed by atoms with Crippen molar-refractivity contribution in [3.8, 4) is 0 Å². The van der Waals surface area contributed by atoms with Crippen LogP contribution >= 0.6 is 0 Å². The third-order valence-electron chi connectivity index (χ3n) is 6.68. The van der Waals surface area contributed by atoms with Crippen molar-refractivity contribution < 1.29 is 40.3 Å². The summed E-state index contributed by atoms with van der Waals surface area (Å²) in [5, 5.41) is 0. The first kappa shape index (κ1) is 21.9. The van der Waals surface area contributed by atoms with E-state index < -0.39 is 0 Å². The number of nitrogens with zero attached hydrogens (tertiary/aromatic N) is 3. The Balaban J connectivity index is 0.00000218. The Morgan fingerprint density at radius 2 is 1.93 bits per heavy atom. The summed E-state index contributed by atoms with van der Waals surface area (Å²) in [6.45, 7) is 5.19. The Morgan fingerprint density at radius 3 is 2.73 bits per heavy atom. The molecule has 0 saturated carbocycles. The van der Waals surface area contributed by atoms with Gasteiger partial charge < -0.3 is 14.7 Å². The Labute approximate surface area is 201 Å². The van der Waals surface area contributed by atoms with E-state index in [-0.39, 0.29) is 42.7 Å². The van der Waals surface area contributed by atoms with Crippen molar-refractivity contribution in [2.75, 3.05) is 49.6 Å². The van der Waals surface area contributed by atoms with E-state index in [0.29, 0.717) is 17.9 Å². The molecule has 2 aromatic carbocycles. The predicted molar refractivity (Wildman–Crippen MR) is 114 cm³/mol. The molecule has 1 fully saturated rings.